The first-order valence-corrected chi connectivity index (χ1v) is 7.05. The quantitative estimate of drug-likeness (QED) is 0.593. The molecule has 2 rings (SSSR count). The first-order chi connectivity index (χ1) is 8.61. The molecule has 4 nitrogen and oxygen atoms in total. The molecule has 1 aromatic heterocycles. The number of hydrazine groups is 1. The lowest BCUT2D eigenvalue weighted by Crippen LogP contribution is -2.33. The zero-order valence-corrected chi connectivity index (χ0v) is 12.0. The molecule has 0 aliphatic heterocycles. The number of thiocarbonyl (C=S) groups is 1. The standard InChI is InChI=1S/C12H16N4S2/c1-3-7(2)8-5-4-6-9-10(8)14-12(18-9)16-15-11(13)17/h4-7H,3H2,1-2H3,(H,14,16)(H3,13,15,17). The van der Waals surface area contributed by atoms with Crippen LogP contribution in [0, 0.1) is 0 Å². The van der Waals surface area contributed by atoms with Crippen molar-refractivity contribution in [2.45, 2.75) is 26.2 Å². The van der Waals surface area contributed by atoms with Crippen molar-refractivity contribution in [2.75, 3.05) is 5.43 Å². The summed E-state index contributed by atoms with van der Waals surface area (Å²) in [5.41, 5.74) is 13.3. The molecule has 0 bridgehead atoms. The predicted octanol–water partition coefficient (Wildman–Crippen LogP) is 2.97. The van der Waals surface area contributed by atoms with Gasteiger partial charge in [0.2, 0.25) is 5.13 Å². The molecule has 2 aromatic rings. The van der Waals surface area contributed by atoms with Gasteiger partial charge in [-0.15, -0.1) is 0 Å². The number of hydrogen-bond donors (Lipinski definition) is 3. The predicted molar refractivity (Wildman–Crippen MR) is 81.9 cm³/mol. The molecule has 0 aliphatic carbocycles. The van der Waals surface area contributed by atoms with E-state index in [2.05, 4.69) is 47.9 Å². The van der Waals surface area contributed by atoms with E-state index >= 15 is 0 Å². The Morgan fingerprint density at radius 1 is 1.56 bits per heavy atom. The van der Waals surface area contributed by atoms with Crippen molar-refractivity contribution in [1.82, 2.24) is 10.4 Å². The van der Waals surface area contributed by atoms with Crippen LogP contribution in [0.2, 0.25) is 0 Å². The maximum Gasteiger partial charge on any atom is 0.202 e. The second-order valence-corrected chi connectivity index (χ2v) is 5.61. The van der Waals surface area contributed by atoms with Crippen LogP contribution in [0.1, 0.15) is 31.7 Å². The summed E-state index contributed by atoms with van der Waals surface area (Å²) in [6, 6.07) is 6.29. The highest BCUT2D eigenvalue weighted by Gasteiger charge is 2.11. The van der Waals surface area contributed by atoms with Crippen molar-refractivity contribution >= 4 is 44.0 Å². The molecule has 18 heavy (non-hydrogen) atoms. The van der Waals surface area contributed by atoms with Crippen molar-refractivity contribution in [3.8, 4) is 0 Å². The molecular weight excluding hydrogens is 264 g/mol. The van der Waals surface area contributed by atoms with E-state index in [9.17, 15) is 0 Å². The third kappa shape index (κ3) is 2.70. The average Bonchev–Trinajstić information content (AvgIpc) is 2.77. The van der Waals surface area contributed by atoms with Gasteiger partial charge in [-0.2, -0.15) is 0 Å². The lowest BCUT2D eigenvalue weighted by atomic mass is 9.98. The molecule has 0 saturated carbocycles. The topological polar surface area (TPSA) is 63.0 Å². The Labute approximate surface area is 116 Å². The number of nitrogens with zero attached hydrogens (tertiary/aromatic N) is 1. The van der Waals surface area contributed by atoms with Crippen LogP contribution in [-0.4, -0.2) is 10.1 Å². The highest BCUT2D eigenvalue weighted by molar-refractivity contribution is 7.80. The Morgan fingerprint density at radius 2 is 2.33 bits per heavy atom. The van der Waals surface area contributed by atoms with Crippen molar-refractivity contribution in [1.29, 1.82) is 0 Å². The minimum atomic E-state index is 0.205. The molecule has 1 unspecified atom stereocenters. The lowest BCUT2D eigenvalue weighted by Gasteiger charge is -2.08. The van der Waals surface area contributed by atoms with Gasteiger partial charge < -0.3 is 5.73 Å². The zero-order valence-electron chi connectivity index (χ0n) is 10.4. The van der Waals surface area contributed by atoms with Crippen LogP contribution >= 0.6 is 23.6 Å². The minimum absolute atomic E-state index is 0.205. The van der Waals surface area contributed by atoms with Crippen LogP contribution in [0.25, 0.3) is 10.2 Å². The van der Waals surface area contributed by atoms with E-state index in [0.29, 0.717) is 5.92 Å². The summed E-state index contributed by atoms with van der Waals surface area (Å²) in [4.78, 5) is 4.58. The highest BCUT2D eigenvalue weighted by Crippen LogP contribution is 2.32. The molecule has 1 heterocycles. The number of fused-ring (bicyclic) bond motifs is 1. The van der Waals surface area contributed by atoms with Crippen LogP contribution in [-0.2, 0) is 0 Å². The number of nitrogens with one attached hydrogen (secondary N) is 2. The van der Waals surface area contributed by atoms with Gasteiger partial charge in [0.25, 0.3) is 0 Å². The molecule has 0 saturated heterocycles. The first kappa shape index (κ1) is 13.0. The Bertz CT molecular complexity index is 564. The van der Waals surface area contributed by atoms with Gasteiger partial charge in [0, 0.05) is 0 Å². The maximum atomic E-state index is 5.37. The van der Waals surface area contributed by atoms with Gasteiger partial charge in [-0.05, 0) is 36.2 Å². The number of hydrogen-bond acceptors (Lipinski definition) is 4. The number of aromatic nitrogens is 1. The minimum Gasteiger partial charge on any atom is -0.375 e. The van der Waals surface area contributed by atoms with Gasteiger partial charge in [-0.3, -0.25) is 10.9 Å². The molecule has 6 heteroatoms. The van der Waals surface area contributed by atoms with Crippen LogP contribution in [0.3, 0.4) is 0 Å². The Hall–Kier alpha value is -1.40. The number of thiazole rings is 1. The number of anilines is 1. The van der Waals surface area contributed by atoms with Gasteiger partial charge in [-0.25, -0.2) is 4.98 Å². The van der Waals surface area contributed by atoms with Gasteiger partial charge in [-0.1, -0.05) is 37.3 Å². The van der Waals surface area contributed by atoms with Crippen molar-refractivity contribution in [3.63, 3.8) is 0 Å². The second-order valence-electron chi connectivity index (χ2n) is 4.14. The van der Waals surface area contributed by atoms with Crippen LogP contribution in [0.15, 0.2) is 18.2 Å². The summed E-state index contributed by atoms with van der Waals surface area (Å²) in [5, 5.41) is 0.977. The Kier molecular flexibility index (Phi) is 3.98. The molecule has 0 aliphatic rings. The van der Waals surface area contributed by atoms with Crippen LogP contribution in [0.5, 0.6) is 0 Å². The second kappa shape index (κ2) is 5.49. The monoisotopic (exact) mass is 280 g/mol. The lowest BCUT2D eigenvalue weighted by molar-refractivity contribution is 0.738. The van der Waals surface area contributed by atoms with E-state index in [1.807, 2.05) is 0 Å². The van der Waals surface area contributed by atoms with Crippen LogP contribution in [0.4, 0.5) is 5.13 Å². The highest BCUT2D eigenvalue weighted by atomic mass is 32.1. The van der Waals surface area contributed by atoms with E-state index < -0.39 is 0 Å². The molecular formula is C12H16N4S2. The number of benzene rings is 1. The fourth-order valence-electron chi connectivity index (χ4n) is 1.76. The fraction of sp³-hybridized carbons (Fsp3) is 0.333. The van der Waals surface area contributed by atoms with E-state index in [-0.39, 0.29) is 5.11 Å². The molecule has 0 spiro atoms. The maximum absolute atomic E-state index is 5.37. The Morgan fingerprint density at radius 3 is 3.00 bits per heavy atom. The summed E-state index contributed by atoms with van der Waals surface area (Å²) < 4.78 is 1.17. The smallest absolute Gasteiger partial charge is 0.202 e. The molecule has 4 N–H and O–H groups in total. The number of para-hydroxylation sites is 1. The summed E-state index contributed by atoms with van der Waals surface area (Å²) in [6.07, 6.45) is 1.10. The summed E-state index contributed by atoms with van der Waals surface area (Å²) in [5.74, 6) is 0.507. The molecule has 1 atom stereocenters. The van der Waals surface area contributed by atoms with Crippen molar-refractivity contribution in [2.24, 2.45) is 5.73 Å². The third-order valence-electron chi connectivity index (χ3n) is 2.89. The third-order valence-corrected chi connectivity index (χ3v) is 3.92. The van der Waals surface area contributed by atoms with Gasteiger partial charge in [0.05, 0.1) is 10.2 Å². The van der Waals surface area contributed by atoms with Gasteiger partial charge in [0.1, 0.15) is 0 Å². The zero-order chi connectivity index (χ0) is 13.1. The molecule has 96 valence electrons. The molecule has 0 amide bonds. The number of nitrogens with two attached hydrogens (primary N) is 1. The number of rotatable bonds is 4. The van der Waals surface area contributed by atoms with E-state index in [1.165, 1.54) is 10.3 Å². The van der Waals surface area contributed by atoms with Crippen molar-refractivity contribution in [3.05, 3.63) is 23.8 Å². The first-order valence-electron chi connectivity index (χ1n) is 5.82. The molecule has 1 aromatic carbocycles. The molecule has 0 fully saturated rings. The summed E-state index contributed by atoms with van der Waals surface area (Å²) >= 11 is 6.32. The summed E-state index contributed by atoms with van der Waals surface area (Å²) in [6.45, 7) is 4.40. The fourth-order valence-corrected chi connectivity index (χ4v) is 2.66. The SMILES string of the molecule is CCC(C)c1cccc2sc(NNC(N)=S)nc12. The Balaban J connectivity index is 2.35. The van der Waals surface area contributed by atoms with Gasteiger partial charge >= 0.3 is 0 Å². The molecule has 0 radical (unpaired) electrons. The van der Waals surface area contributed by atoms with E-state index in [4.69, 9.17) is 18.0 Å². The normalized spacial score (nSPS) is 12.3. The van der Waals surface area contributed by atoms with E-state index in [0.717, 1.165) is 17.1 Å². The van der Waals surface area contributed by atoms with Crippen LogP contribution < -0.4 is 16.6 Å². The van der Waals surface area contributed by atoms with Crippen molar-refractivity contribution < 1.29 is 0 Å². The largest absolute Gasteiger partial charge is 0.375 e. The average molecular weight is 280 g/mol. The summed E-state index contributed by atoms with van der Waals surface area (Å²) in [7, 11) is 0. The van der Waals surface area contributed by atoms with E-state index in [1.54, 1.807) is 11.3 Å². The van der Waals surface area contributed by atoms with Gasteiger partial charge in [0.15, 0.2) is 5.11 Å².